The maximum atomic E-state index is 14.4. The number of allylic oxidation sites excluding steroid dienone is 1. The monoisotopic (exact) mass is 424 g/mol. The standard InChI is InChI=1S/C28H31F3/c1-3-7-21-10-14-24(15-11-21)26-9-6-5-8-23(26)16-12-22-13-17-25(27(29)20-22)18-19-28(30,31)4-2/h5-6,8-9,13,17-21,24H,3-4,7,10-11,14-15H2,1-2H3/b19-18+. The fraction of sp³-hybridized carbons (Fsp3) is 0.429. The van der Waals surface area contributed by atoms with E-state index < -0.39 is 11.7 Å². The molecule has 3 heteroatoms. The van der Waals surface area contributed by atoms with Crippen molar-refractivity contribution < 1.29 is 13.2 Å². The van der Waals surface area contributed by atoms with Gasteiger partial charge in [0.1, 0.15) is 5.82 Å². The minimum atomic E-state index is -2.93. The zero-order chi connectivity index (χ0) is 22.3. The van der Waals surface area contributed by atoms with E-state index in [4.69, 9.17) is 0 Å². The van der Waals surface area contributed by atoms with Gasteiger partial charge in [-0.1, -0.05) is 68.9 Å². The molecule has 0 bridgehead atoms. The Labute approximate surface area is 184 Å². The molecule has 2 aromatic carbocycles. The molecule has 0 saturated heterocycles. The highest BCUT2D eigenvalue weighted by atomic mass is 19.3. The first-order valence-corrected chi connectivity index (χ1v) is 11.4. The van der Waals surface area contributed by atoms with Gasteiger partial charge in [-0.25, -0.2) is 13.2 Å². The van der Waals surface area contributed by atoms with E-state index in [1.165, 1.54) is 63.1 Å². The summed E-state index contributed by atoms with van der Waals surface area (Å²) < 4.78 is 41.1. The first-order chi connectivity index (χ1) is 14.9. The normalized spacial score (nSPS) is 19.3. The van der Waals surface area contributed by atoms with Gasteiger partial charge in [0.05, 0.1) is 0 Å². The summed E-state index contributed by atoms with van der Waals surface area (Å²) in [5.74, 6) is 4.19. The Kier molecular flexibility index (Phi) is 8.02. The van der Waals surface area contributed by atoms with Crippen molar-refractivity contribution in [3.8, 4) is 11.8 Å². The van der Waals surface area contributed by atoms with Gasteiger partial charge in [-0.05, 0) is 67.4 Å². The average molecular weight is 425 g/mol. The van der Waals surface area contributed by atoms with Crippen LogP contribution in [-0.4, -0.2) is 5.92 Å². The smallest absolute Gasteiger partial charge is 0.206 e. The second-order valence-corrected chi connectivity index (χ2v) is 8.53. The van der Waals surface area contributed by atoms with Crippen LogP contribution < -0.4 is 0 Å². The van der Waals surface area contributed by atoms with E-state index in [1.807, 2.05) is 12.1 Å². The van der Waals surface area contributed by atoms with E-state index in [1.54, 1.807) is 6.07 Å². The third kappa shape index (κ3) is 6.50. The van der Waals surface area contributed by atoms with Crippen LogP contribution in [0.3, 0.4) is 0 Å². The molecular weight excluding hydrogens is 393 g/mol. The zero-order valence-corrected chi connectivity index (χ0v) is 18.4. The Balaban J connectivity index is 1.75. The Bertz CT molecular complexity index is 954. The molecule has 0 unspecified atom stereocenters. The fourth-order valence-electron chi connectivity index (χ4n) is 4.35. The summed E-state index contributed by atoms with van der Waals surface area (Å²) in [6.45, 7) is 3.65. The van der Waals surface area contributed by atoms with Gasteiger partial charge >= 0.3 is 0 Å². The molecule has 1 saturated carbocycles. The number of alkyl halides is 2. The van der Waals surface area contributed by atoms with Crippen LogP contribution in [0.2, 0.25) is 0 Å². The van der Waals surface area contributed by atoms with Gasteiger partial charge in [0.25, 0.3) is 5.92 Å². The molecule has 1 aliphatic rings. The minimum Gasteiger partial charge on any atom is -0.206 e. The number of rotatable bonds is 6. The second-order valence-electron chi connectivity index (χ2n) is 8.53. The molecule has 1 fully saturated rings. The van der Waals surface area contributed by atoms with Crippen LogP contribution in [0.25, 0.3) is 6.08 Å². The van der Waals surface area contributed by atoms with E-state index >= 15 is 0 Å². The van der Waals surface area contributed by atoms with E-state index in [-0.39, 0.29) is 12.0 Å². The van der Waals surface area contributed by atoms with Crippen LogP contribution >= 0.6 is 0 Å². The zero-order valence-electron chi connectivity index (χ0n) is 18.4. The van der Waals surface area contributed by atoms with E-state index in [0.29, 0.717) is 11.5 Å². The summed E-state index contributed by atoms with van der Waals surface area (Å²) in [7, 11) is 0. The van der Waals surface area contributed by atoms with Crippen molar-refractivity contribution in [2.45, 2.75) is 70.6 Å². The molecule has 2 aromatic rings. The third-order valence-corrected chi connectivity index (χ3v) is 6.26. The van der Waals surface area contributed by atoms with Gasteiger partial charge in [0.15, 0.2) is 0 Å². The lowest BCUT2D eigenvalue weighted by Crippen LogP contribution is -2.14. The van der Waals surface area contributed by atoms with Gasteiger partial charge in [-0.15, -0.1) is 0 Å². The molecular formula is C28H31F3. The number of hydrogen-bond acceptors (Lipinski definition) is 0. The number of hydrogen-bond donors (Lipinski definition) is 0. The van der Waals surface area contributed by atoms with Crippen molar-refractivity contribution in [1.82, 2.24) is 0 Å². The lowest BCUT2D eigenvalue weighted by molar-refractivity contribution is 0.0520. The van der Waals surface area contributed by atoms with Crippen LogP contribution in [0.4, 0.5) is 13.2 Å². The first-order valence-electron chi connectivity index (χ1n) is 11.4. The van der Waals surface area contributed by atoms with Crippen molar-refractivity contribution >= 4 is 6.08 Å². The molecule has 0 heterocycles. The van der Waals surface area contributed by atoms with Crippen LogP contribution in [0.15, 0.2) is 48.5 Å². The predicted molar refractivity (Wildman–Crippen MR) is 123 cm³/mol. The number of halogens is 3. The summed E-state index contributed by atoms with van der Waals surface area (Å²) in [6, 6.07) is 12.7. The minimum absolute atomic E-state index is 0.142. The molecule has 0 spiro atoms. The van der Waals surface area contributed by atoms with Crippen LogP contribution in [0.5, 0.6) is 0 Å². The highest BCUT2D eigenvalue weighted by molar-refractivity contribution is 5.54. The molecule has 0 aliphatic heterocycles. The molecule has 0 atom stereocenters. The molecule has 0 aromatic heterocycles. The molecule has 3 rings (SSSR count). The van der Waals surface area contributed by atoms with Crippen LogP contribution in [0, 0.1) is 23.6 Å². The molecule has 0 nitrogen and oxygen atoms in total. The highest BCUT2D eigenvalue weighted by Crippen LogP contribution is 2.38. The Hall–Kier alpha value is -2.47. The summed E-state index contributed by atoms with van der Waals surface area (Å²) >= 11 is 0. The lowest BCUT2D eigenvalue weighted by Gasteiger charge is -2.29. The van der Waals surface area contributed by atoms with Gasteiger partial charge in [0.2, 0.25) is 0 Å². The Morgan fingerprint density at radius 3 is 2.42 bits per heavy atom. The summed E-state index contributed by atoms with van der Waals surface area (Å²) in [5, 5.41) is 0. The van der Waals surface area contributed by atoms with Gasteiger partial charge in [-0.3, -0.25) is 0 Å². The van der Waals surface area contributed by atoms with Crippen LogP contribution in [-0.2, 0) is 0 Å². The molecule has 31 heavy (non-hydrogen) atoms. The average Bonchev–Trinajstić information content (AvgIpc) is 2.78. The van der Waals surface area contributed by atoms with Crippen LogP contribution in [0.1, 0.15) is 87.0 Å². The first kappa shape index (κ1) is 23.2. The van der Waals surface area contributed by atoms with E-state index in [0.717, 1.165) is 23.6 Å². The lowest BCUT2D eigenvalue weighted by atomic mass is 9.76. The van der Waals surface area contributed by atoms with Crippen molar-refractivity contribution in [2.24, 2.45) is 5.92 Å². The molecule has 0 N–H and O–H groups in total. The maximum Gasteiger partial charge on any atom is 0.266 e. The number of benzene rings is 2. The topological polar surface area (TPSA) is 0 Å². The summed E-state index contributed by atoms with van der Waals surface area (Å²) in [5.41, 5.74) is 2.96. The Morgan fingerprint density at radius 1 is 1.00 bits per heavy atom. The van der Waals surface area contributed by atoms with E-state index in [9.17, 15) is 13.2 Å². The predicted octanol–water partition coefficient (Wildman–Crippen LogP) is 8.36. The maximum absolute atomic E-state index is 14.4. The molecule has 0 amide bonds. The van der Waals surface area contributed by atoms with Crippen molar-refractivity contribution in [2.75, 3.05) is 0 Å². The molecule has 1 aliphatic carbocycles. The van der Waals surface area contributed by atoms with Crippen molar-refractivity contribution in [1.29, 1.82) is 0 Å². The summed E-state index contributed by atoms with van der Waals surface area (Å²) in [6.07, 6.45) is 9.10. The van der Waals surface area contributed by atoms with Gasteiger partial charge in [0, 0.05) is 23.1 Å². The fourth-order valence-corrected chi connectivity index (χ4v) is 4.35. The molecule has 164 valence electrons. The van der Waals surface area contributed by atoms with Gasteiger partial charge < -0.3 is 0 Å². The SMILES string of the molecule is CCCC1CCC(c2ccccc2C#Cc2ccc(/C=C/C(F)(F)CC)c(F)c2)CC1. The van der Waals surface area contributed by atoms with Crippen molar-refractivity contribution in [3.63, 3.8) is 0 Å². The highest BCUT2D eigenvalue weighted by Gasteiger charge is 2.23. The van der Waals surface area contributed by atoms with Gasteiger partial charge in [-0.2, -0.15) is 0 Å². The van der Waals surface area contributed by atoms with E-state index in [2.05, 4.69) is 30.9 Å². The third-order valence-electron chi connectivity index (χ3n) is 6.26. The second kappa shape index (κ2) is 10.7. The summed E-state index contributed by atoms with van der Waals surface area (Å²) in [4.78, 5) is 0. The molecule has 0 radical (unpaired) electrons. The largest absolute Gasteiger partial charge is 0.266 e. The quantitative estimate of drug-likeness (QED) is 0.409. The van der Waals surface area contributed by atoms with Crippen molar-refractivity contribution in [3.05, 3.63) is 76.6 Å². The Morgan fingerprint density at radius 2 is 1.74 bits per heavy atom.